The van der Waals surface area contributed by atoms with E-state index in [-0.39, 0.29) is 12.3 Å². The molecule has 0 amide bonds. The Balaban J connectivity index is -0.000000320. The Morgan fingerprint density at radius 2 is 1.36 bits per heavy atom. The molecule has 0 saturated heterocycles. The van der Waals surface area contributed by atoms with Crippen LogP contribution in [0.5, 0.6) is 0 Å². The fourth-order valence-electron chi connectivity index (χ4n) is 0.102. The van der Waals surface area contributed by atoms with E-state index in [0.29, 0.717) is 0 Å². The first-order chi connectivity index (χ1) is 3.71. The Labute approximate surface area is 68.8 Å². The van der Waals surface area contributed by atoms with Gasteiger partial charge >= 0.3 is 0 Å². The van der Waals surface area contributed by atoms with Gasteiger partial charge in [0.2, 0.25) is 10.4 Å². The van der Waals surface area contributed by atoms with Crippen LogP contribution in [-0.2, 0) is 34.3 Å². The zero-order chi connectivity index (χ0) is 7.71. The SMILES string of the molecule is O=S(=O)([O-])OS(=O)([O-])=S.[NH4+].[NH4+]. The summed E-state index contributed by atoms with van der Waals surface area (Å²) < 4.78 is 50.4. The molecule has 0 aliphatic heterocycles. The Kier molecular flexibility index (Phi) is 7.68. The lowest BCUT2D eigenvalue weighted by atomic mass is 14.0. The first-order valence-corrected chi connectivity index (χ1v) is 5.00. The zero-order valence-corrected chi connectivity index (χ0v) is 8.12. The van der Waals surface area contributed by atoms with Crippen molar-refractivity contribution in [3.63, 3.8) is 0 Å². The Morgan fingerprint density at radius 3 is 1.36 bits per heavy atom. The van der Waals surface area contributed by atoms with Gasteiger partial charge in [-0.25, -0.2) is 12.6 Å². The van der Waals surface area contributed by atoms with Crippen molar-refractivity contribution in [1.29, 1.82) is 0 Å². The minimum atomic E-state index is -5.22. The molecule has 11 heteroatoms. The summed E-state index contributed by atoms with van der Waals surface area (Å²) in [5.74, 6) is 0. The Hall–Kier alpha value is 0.120. The van der Waals surface area contributed by atoms with Gasteiger partial charge in [0.05, 0.1) is 0 Å². The molecule has 8 N–H and O–H groups in total. The van der Waals surface area contributed by atoms with E-state index in [1.807, 2.05) is 0 Å². The monoisotopic (exact) mass is 228 g/mol. The van der Waals surface area contributed by atoms with Crippen LogP contribution < -0.4 is 12.3 Å². The number of hydrogen-bond donors (Lipinski definition) is 2. The molecule has 0 aliphatic carbocycles. The normalized spacial score (nSPS) is 15.5. The van der Waals surface area contributed by atoms with Crippen LogP contribution in [-0.4, -0.2) is 21.7 Å². The molecule has 0 spiro atoms. The van der Waals surface area contributed by atoms with Gasteiger partial charge < -0.3 is 21.4 Å². The minimum absolute atomic E-state index is 0. The summed E-state index contributed by atoms with van der Waals surface area (Å²) in [5.41, 5.74) is 0. The second kappa shape index (κ2) is 4.89. The van der Waals surface area contributed by atoms with E-state index in [0.717, 1.165) is 0 Å². The van der Waals surface area contributed by atoms with Gasteiger partial charge in [-0.15, -0.1) is 0 Å². The number of hydrogen-bond acceptors (Lipinski definition) is 7. The maximum absolute atomic E-state index is 9.66. The van der Waals surface area contributed by atoms with E-state index in [1.54, 1.807) is 0 Å². The van der Waals surface area contributed by atoms with Crippen molar-refractivity contribution in [1.82, 2.24) is 12.3 Å². The molecule has 8 nitrogen and oxygen atoms in total. The highest BCUT2D eigenvalue weighted by atomic mass is 32.9. The average molecular weight is 228 g/mol. The van der Waals surface area contributed by atoms with Gasteiger partial charge in [0, 0.05) is 0 Å². The van der Waals surface area contributed by atoms with Crippen LogP contribution >= 0.6 is 0 Å². The van der Waals surface area contributed by atoms with E-state index in [1.165, 1.54) is 0 Å². The molecular formula is H8N2O6S3. The third-order valence-corrected chi connectivity index (χ3v) is 2.00. The maximum Gasteiger partial charge on any atom is 0.230 e. The largest absolute Gasteiger partial charge is 0.747 e. The third kappa shape index (κ3) is 17.8. The molecule has 0 aromatic heterocycles. The minimum Gasteiger partial charge on any atom is -0.747 e. The van der Waals surface area contributed by atoms with Gasteiger partial charge in [-0.3, -0.25) is 0 Å². The summed E-state index contributed by atoms with van der Waals surface area (Å²) in [6.45, 7) is 0. The summed E-state index contributed by atoms with van der Waals surface area (Å²) in [4.78, 5) is 0. The third-order valence-electron chi connectivity index (χ3n) is 0.167. The lowest BCUT2D eigenvalue weighted by Gasteiger charge is -2.11. The predicted molar refractivity (Wildman–Crippen MR) is 39.0 cm³/mol. The predicted octanol–water partition coefficient (Wildman–Crippen LogP) is -0.993. The van der Waals surface area contributed by atoms with Crippen molar-refractivity contribution in [2.24, 2.45) is 0 Å². The lowest BCUT2D eigenvalue weighted by molar-refractivity contribution is 0.358. The molecule has 72 valence electrons. The summed E-state index contributed by atoms with van der Waals surface area (Å²) in [6, 6.07) is 0. The lowest BCUT2D eigenvalue weighted by Crippen LogP contribution is -2.10. The van der Waals surface area contributed by atoms with Crippen molar-refractivity contribution >= 4 is 30.6 Å². The molecule has 0 heterocycles. The van der Waals surface area contributed by atoms with Crippen LogP contribution in [0.1, 0.15) is 0 Å². The van der Waals surface area contributed by atoms with Crippen LogP contribution in [0.2, 0.25) is 0 Å². The van der Waals surface area contributed by atoms with Crippen LogP contribution in [0.3, 0.4) is 0 Å². The van der Waals surface area contributed by atoms with Crippen LogP contribution in [0.4, 0.5) is 0 Å². The fraction of sp³-hybridized carbons (Fsp3) is 0. The molecule has 0 aromatic rings. The van der Waals surface area contributed by atoms with Crippen molar-refractivity contribution < 1.29 is 25.4 Å². The maximum atomic E-state index is 9.66. The molecule has 1 atom stereocenters. The molecule has 0 saturated carbocycles. The van der Waals surface area contributed by atoms with Crippen LogP contribution in [0.15, 0.2) is 0 Å². The highest BCUT2D eigenvalue weighted by Gasteiger charge is 1.95. The second-order valence-electron chi connectivity index (χ2n) is 0.885. The molecule has 0 aliphatic rings. The average Bonchev–Trinajstić information content (AvgIpc) is 1.14. The van der Waals surface area contributed by atoms with E-state index >= 15 is 0 Å². The van der Waals surface area contributed by atoms with Gasteiger partial charge in [0.15, 0.2) is 0 Å². The smallest absolute Gasteiger partial charge is 0.230 e. The fourth-order valence-corrected chi connectivity index (χ4v) is 1.53. The van der Waals surface area contributed by atoms with Crippen molar-refractivity contribution in [3.05, 3.63) is 0 Å². The quantitative estimate of drug-likeness (QED) is 0.449. The van der Waals surface area contributed by atoms with Crippen molar-refractivity contribution in [2.45, 2.75) is 0 Å². The van der Waals surface area contributed by atoms with Gasteiger partial charge in [-0.05, 0) is 11.2 Å². The summed E-state index contributed by atoms with van der Waals surface area (Å²) in [7, 11) is -9.82. The molecule has 0 aromatic carbocycles. The van der Waals surface area contributed by atoms with Crippen molar-refractivity contribution in [2.75, 3.05) is 0 Å². The second-order valence-corrected chi connectivity index (χ2v) is 4.29. The molecule has 11 heavy (non-hydrogen) atoms. The summed E-state index contributed by atoms with van der Waals surface area (Å²) in [5, 5.41) is 0. The summed E-state index contributed by atoms with van der Waals surface area (Å²) >= 11 is 3.40. The van der Waals surface area contributed by atoms with Crippen LogP contribution in [0, 0.1) is 0 Å². The summed E-state index contributed by atoms with van der Waals surface area (Å²) in [6.07, 6.45) is 0. The first kappa shape index (κ1) is 17.3. The van der Waals surface area contributed by atoms with E-state index in [4.69, 9.17) is 0 Å². The highest BCUT2D eigenvalue weighted by molar-refractivity contribution is 8.29. The standard InChI is InChI=1S/2H3N.H2O6S3/c;;1-8(2,3)6-9(4,5)7/h2*1H3;(H,1,2,3)(H,4,5,7). The van der Waals surface area contributed by atoms with Crippen LogP contribution in [0.25, 0.3) is 0 Å². The molecule has 0 fully saturated rings. The first-order valence-electron chi connectivity index (χ1n) is 1.33. The zero-order valence-electron chi connectivity index (χ0n) is 5.67. The molecule has 0 radical (unpaired) electrons. The Morgan fingerprint density at radius 1 is 1.09 bits per heavy atom. The molecular weight excluding hydrogens is 220 g/mol. The van der Waals surface area contributed by atoms with E-state index in [2.05, 4.69) is 14.8 Å². The van der Waals surface area contributed by atoms with Gasteiger partial charge in [-0.2, -0.15) is 3.63 Å². The van der Waals surface area contributed by atoms with Crippen molar-refractivity contribution in [3.8, 4) is 0 Å². The van der Waals surface area contributed by atoms with Gasteiger partial charge in [0.25, 0.3) is 0 Å². The van der Waals surface area contributed by atoms with E-state index < -0.39 is 19.5 Å². The number of rotatable bonds is 2. The van der Waals surface area contributed by atoms with E-state index in [9.17, 15) is 21.7 Å². The van der Waals surface area contributed by atoms with Gasteiger partial charge in [0.1, 0.15) is 9.05 Å². The van der Waals surface area contributed by atoms with Gasteiger partial charge in [-0.1, -0.05) is 0 Å². The molecule has 0 rings (SSSR count). The Bertz CT molecular complexity index is 241. The molecule has 1 unspecified atom stereocenters. The highest BCUT2D eigenvalue weighted by Crippen LogP contribution is 1.92. The molecule has 0 bridgehead atoms. The number of quaternary nitrogens is 2. The topological polar surface area (TPSA) is 180 Å².